The molecule has 25 heavy (non-hydrogen) atoms. The predicted octanol–water partition coefficient (Wildman–Crippen LogP) is 2.07. The molecule has 1 amide bonds. The normalized spacial score (nSPS) is 18.1. The molecule has 0 saturated carbocycles. The number of hydrogen-bond acceptors (Lipinski definition) is 4. The van der Waals surface area contributed by atoms with E-state index in [-0.39, 0.29) is 17.3 Å². The second-order valence-corrected chi connectivity index (χ2v) is 8.02. The molecule has 2 aliphatic rings. The van der Waals surface area contributed by atoms with E-state index in [1.54, 1.807) is 30.1 Å². The van der Waals surface area contributed by atoms with Crippen molar-refractivity contribution in [1.82, 2.24) is 10.2 Å². The number of rotatable bonds is 5. The smallest absolute Gasteiger partial charge is 0.285 e. The predicted molar refractivity (Wildman–Crippen MR) is 97.0 cm³/mol. The van der Waals surface area contributed by atoms with E-state index >= 15 is 0 Å². The van der Waals surface area contributed by atoms with Crippen LogP contribution in [0, 0.1) is 0 Å². The summed E-state index contributed by atoms with van der Waals surface area (Å²) in [6.07, 6.45) is 7.91. The molecule has 0 aromatic heterocycles. The zero-order valence-corrected chi connectivity index (χ0v) is 15.2. The van der Waals surface area contributed by atoms with Crippen molar-refractivity contribution < 1.29 is 13.2 Å². The van der Waals surface area contributed by atoms with Crippen LogP contribution >= 0.6 is 0 Å². The molecule has 0 fully saturated rings. The molecule has 1 aliphatic heterocycles. The van der Waals surface area contributed by atoms with Gasteiger partial charge in [-0.2, -0.15) is 8.42 Å². The summed E-state index contributed by atoms with van der Waals surface area (Å²) in [5.41, 5.74) is 1.96. The monoisotopic (exact) mass is 361 g/mol. The average molecular weight is 361 g/mol. The van der Waals surface area contributed by atoms with E-state index in [1.807, 2.05) is 0 Å². The summed E-state index contributed by atoms with van der Waals surface area (Å²) in [6.45, 7) is 0.682. The summed E-state index contributed by atoms with van der Waals surface area (Å²) in [6, 6.07) is 6.68. The first-order valence-corrected chi connectivity index (χ1v) is 10.0. The fourth-order valence-electron chi connectivity index (χ4n) is 3.20. The van der Waals surface area contributed by atoms with Crippen molar-refractivity contribution in [2.45, 2.75) is 37.0 Å². The van der Waals surface area contributed by atoms with Gasteiger partial charge in [-0.15, -0.1) is 4.40 Å². The number of carbonyl (C=O) groups is 1. The van der Waals surface area contributed by atoms with Gasteiger partial charge in [-0.1, -0.05) is 23.8 Å². The maximum Gasteiger partial charge on any atom is 0.285 e. The Morgan fingerprint density at radius 3 is 2.84 bits per heavy atom. The van der Waals surface area contributed by atoms with Gasteiger partial charge in [0.15, 0.2) is 5.84 Å². The third kappa shape index (κ3) is 4.10. The quantitative estimate of drug-likeness (QED) is 0.815. The fraction of sp³-hybridized carbons (Fsp3) is 0.444. The zero-order chi connectivity index (χ0) is 17.9. The van der Waals surface area contributed by atoms with Crippen molar-refractivity contribution in [2.24, 2.45) is 4.40 Å². The Balaban J connectivity index is 1.56. The Morgan fingerprint density at radius 1 is 1.28 bits per heavy atom. The third-order valence-electron chi connectivity index (χ3n) is 4.51. The fourth-order valence-corrected chi connectivity index (χ4v) is 4.46. The molecule has 0 radical (unpaired) electrons. The first kappa shape index (κ1) is 17.7. The summed E-state index contributed by atoms with van der Waals surface area (Å²) >= 11 is 0. The molecule has 1 heterocycles. The standard InChI is InChI=1S/C18H23N3O3S/c1-21(13-17(22)19-12-11-14-7-3-2-4-8-14)18-15-9-5-6-10-16(15)25(23,24)20-18/h5-7,9-10H,2-4,8,11-13H2,1H3,(H,19,22). The van der Waals surface area contributed by atoms with Gasteiger partial charge in [0.2, 0.25) is 5.91 Å². The van der Waals surface area contributed by atoms with Crippen molar-refractivity contribution >= 4 is 21.8 Å². The van der Waals surface area contributed by atoms with Gasteiger partial charge in [0, 0.05) is 19.2 Å². The topological polar surface area (TPSA) is 78.8 Å². The van der Waals surface area contributed by atoms with E-state index in [0.717, 1.165) is 19.3 Å². The minimum atomic E-state index is -3.66. The maximum atomic E-state index is 12.1. The summed E-state index contributed by atoms with van der Waals surface area (Å²) in [5.74, 6) is 0.184. The van der Waals surface area contributed by atoms with Gasteiger partial charge in [-0.05, 0) is 44.2 Å². The van der Waals surface area contributed by atoms with Gasteiger partial charge in [-0.3, -0.25) is 4.79 Å². The van der Waals surface area contributed by atoms with Crippen molar-refractivity contribution in [1.29, 1.82) is 0 Å². The average Bonchev–Trinajstić information content (AvgIpc) is 2.88. The Morgan fingerprint density at radius 2 is 2.08 bits per heavy atom. The molecule has 0 bridgehead atoms. The molecule has 134 valence electrons. The van der Waals surface area contributed by atoms with Crippen LogP contribution in [0.1, 0.15) is 37.7 Å². The van der Waals surface area contributed by atoms with Crippen LogP contribution in [0.5, 0.6) is 0 Å². The molecule has 0 atom stereocenters. The minimum Gasteiger partial charge on any atom is -0.354 e. The number of allylic oxidation sites excluding steroid dienone is 1. The minimum absolute atomic E-state index is 0.0712. The molecule has 1 N–H and O–H groups in total. The number of amides is 1. The highest BCUT2D eigenvalue weighted by Crippen LogP contribution is 2.26. The van der Waals surface area contributed by atoms with Crippen molar-refractivity contribution in [3.05, 3.63) is 41.5 Å². The lowest BCUT2D eigenvalue weighted by atomic mass is 9.97. The van der Waals surface area contributed by atoms with Gasteiger partial charge >= 0.3 is 0 Å². The van der Waals surface area contributed by atoms with Gasteiger partial charge in [0.25, 0.3) is 10.0 Å². The summed E-state index contributed by atoms with van der Waals surface area (Å²) in [7, 11) is -1.98. The molecule has 0 unspecified atom stereocenters. The number of hydrogen-bond donors (Lipinski definition) is 1. The maximum absolute atomic E-state index is 12.1. The second-order valence-electron chi connectivity index (χ2n) is 6.45. The number of nitrogens with one attached hydrogen (secondary N) is 1. The number of nitrogens with zero attached hydrogens (tertiary/aromatic N) is 2. The molecule has 0 spiro atoms. The van der Waals surface area contributed by atoms with E-state index in [9.17, 15) is 13.2 Å². The summed E-state index contributed by atoms with van der Waals surface area (Å²) < 4.78 is 28.0. The largest absolute Gasteiger partial charge is 0.354 e. The highest BCUT2D eigenvalue weighted by molar-refractivity contribution is 7.90. The molecule has 0 saturated heterocycles. The van der Waals surface area contributed by atoms with Crippen LogP contribution in [0.4, 0.5) is 0 Å². The van der Waals surface area contributed by atoms with Crippen LogP contribution in [0.2, 0.25) is 0 Å². The Bertz CT molecular complexity index is 828. The van der Waals surface area contributed by atoms with Gasteiger partial charge < -0.3 is 10.2 Å². The van der Waals surface area contributed by atoms with Crippen molar-refractivity contribution in [3.63, 3.8) is 0 Å². The number of benzene rings is 1. The first-order chi connectivity index (χ1) is 12.0. The Hall–Kier alpha value is -2.15. The van der Waals surface area contributed by atoms with Gasteiger partial charge in [0.05, 0.1) is 6.54 Å². The molecule has 1 aliphatic carbocycles. The van der Waals surface area contributed by atoms with Gasteiger partial charge in [0.1, 0.15) is 4.90 Å². The molecular weight excluding hydrogens is 338 g/mol. The SMILES string of the molecule is CN(CC(=O)NCCC1=CCCCC1)C1=NS(=O)(=O)c2ccccc21. The van der Waals surface area contributed by atoms with Gasteiger partial charge in [-0.25, -0.2) is 0 Å². The number of amidine groups is 1. The third-order valence-corrected chi connectivity index (χ3v) is 5.83. The van der Waals surface area contributed by atoms with Crippen molar-refractivity contribution in [2.75, 3.05) is 20.1 Å². The Labute approximate surface area is 148 Å². The van der Waals surface area contributed by atoms with E-state index in [1.165, 1.54) is 24.5 Å². The Kier molecular flexibility index (Phi) is 5.22. The molecular formula is C18H23N3O3S. The number of sulfonamides is 1. The second kappa shape index (κ2) is 7.39. The zero-order valence-electron chi connectivity index (χ0n) is 14.4. The molecule has 6 nitrogen and oxygen atoms in total. The lowest BCUT2D eigenvalue weighted by Gasteiger charge is -2.19. The lowest BCUT2D eigenvalue weighted by molar-refractivity contribution is -0.121. The van der Waals surface area contributed by atoms with E-state index in [2.05, 4.69) is 15.8 Å². The van der Waals surface area contributed by atoms with Crippen molar-refractivity contribution in [3.8, 4) is 0 Å². The number of likely N-dealkylation sites (N-methyl/N-ethyl adjacent to an activating group) is 1. The first-order valence-electron chi connectivity index (χ1n) is 8.57. The van der Waals surface area contributed by atoms with Crippen LogP contribution in [-0.4, -0.2) is 45.2 Å². The summed E-state index contributed by atoms with van der Waals surface area (Å²) in [5, 5.41) is 2.90. The van der Waals surface area contributed by atoms with Crippen LogP contribution in [0.3, 0.4) is 0 Å². The van der Waals surface area contributed by atoms with E-state index < -0.39 is 10.0 Å². The van der Waals surface area contributed by atoms with E-state index in [4.69, 9.17) is 0 Å². The lowest BCUT2D eigenvalue weighted by Crippen LogP contribution is -2.38. The van der Waals surface area contributed by atoms with Crippen LogP contribution < -0.4 is 5.32 Å². The number of fused-ring (bicyclic) bond motifs is 1. The molecule has 7 heteroatoms. The van der Waals surface area contributed by atoms with Crippen LogP contribution in [0.25, 0.3) is 0 Å². The highest BCUT2D eigenvalue weighted by atomic mass is 32.2. The number of carbonyl (C=O) groups excluding carboxylic acids is 1. The molecule has 3 rings (SSSR count). The summed E-state index contributed by atoms with van der Waals surface area (Å²) in [4.78, 5) is 13.9. The van der Waals surface area contributed by atoms with E-state index in [0.29, 0.717) is 17.9 Å². The van der Waals surface area contributed by atoms with Crippen LogP contribution in [-0.2, 0) is 14.8 Å². The molecule has 1 aromatic rings. The van der Waals surface area contributed by atoms with Crippen LogP contribution in [0.15, 0.2) is 45.2 Å². The molecule has 1 aromatic carbocycles. The highest BCUT2D eigenvalue weighted by Gasteiger charge is 2.30.